The van der Waals surface area contributed by atoms with E-state index in [2.05, 4.69) is 11.1 Å². The van der Waals surface area contributed by atoms with Crippen LogP contribution < -0.4 is 5.56 Å². The molecule has 0 aliphatic rings. The number of benzene rings is 2. The fourth-order valence-electron chi connectivity index (χ4n) is 3.13. The second kappa shape index (κ2) is 6.34. The van der Waals surface area contributed by atoms with Crippen LogP contribution in [0.25, 0.3) is 22.4 Å². The highest BCUT2D eigenvalue weighted by molar-refractivity contribution is 5.78. The normalized spacial score (nSPS) is 10.8. The Balaban J connectivity index is 1.99. The predicted molar refractivity (Wildman–Crippen MR) is 101 cm³/mol. The van der Waals surface area contributed by atoms with Crippen LogP contribution in [0.15, 0.2) is 65.5 Å². The Kier molecular flexibility index (Phi) is 3.86. The van der Waals surface area contributed by atoms with Crippen LogP contribution in [0.5, 0.6) is 0 Å². The number of fused-ring (bicyclic) bond motifs is 1. The number of hydrogen-bond acceptors (Lipinski definition) is 3. The molecular formula is C21H16N4O. The maximum Gasteiger partial charge on any atom is 0.263 e. The average Bonchev–Trinajstić information content (AvgIpc) is 3.05. The van der Waals surface area contributed by atoms with Gasteiger partial charge in [0.1, 0.15) is 11.5 Å². The van der Waals surface area contributed by atoms with Crippen molar-refractivity contribution < 1.29 is 0 Å². The van der Waals surface area contributed by atoms with Crippen LogP contribution in [-0.4, -0.2) is 14.5 Å². The maximum atomic E-state index is 13.2. The second-order valence-electron chi connectivity index (χ2n) is 6.18. The molecule has 0 bridgehead atoms. The summed E-state index contributed by atoms with van der Waals surface area (Å²) in [7, 11) is 0. The van der Waals surface area contributed by atoms with Gasteiger partial charge in [0.25, 0.3) is 5.56 Å². The van der Waals surface area contributed by atoms with Crippen LogP contribution in [-0.2, 0) is 6.54 Å². The molecule has 0 atom stereocenters. The van der Waals surface area contributed by atoms with E-state index in [1.165, 1.54) is 0 Å². The molecule has 4 rings (SSSR count). The third kappa shape index (κ3) is 2.68. The molecule has 26 heavy (non-hydrogen) atoms. The first-order valence-corrected chi connectivity index (χ1v) is 8.31. The largest absolute Gasteiger partial charge is 0.343 e. The minimum Gasteiger partial charge on any atom is -0.343 e. The van der Waals surface area contributed by atoms with E-state index in [1.807, 2.05) is 61.5 Å². The van der Waals surface area contributed by atoms with E-state index in [9.17, 15) is 10.1 Å². The Morgan fingerprint density at radius 1 is 1.12 bits per heavy atom. The Morgan fingerprint density at radius 2 is 1.85 bits per heavy atom. The van der Waals surface area contributed by atoms with Crippen molar-refractivity contribution >= 4 is 11.0 Å². The summed E-state index contributed by atoms with van der Waals surface area (Å²) in [6, 6.07) is 20.9. The van der Waals surface area contributed by atoms with E-state index in [4.69, 9.17) is 4.98 Å². The SMILES string of the molecule is Cc1cc2c(=O)n(Cc3ccccc3C#N)c(-c3ccccc3)nc2[nH]1. The Labute approximate surface area is 150 Å². The molecule has 0 saturated heterocycles. The van der Waals surface area contributed by atoms with Crippen molar-refractivity contribution in [2.45, 2.75) is 13.5 Å². The number of nitrogens with zero attached hydrogens (tertiary/aromatic N) is 3. The standard InChI is InChI=1S/C21H16N4O/c1-14-11-18-19(23-14)24-20(15-7-3-2-4-8-15)25(21(18)26)13-17-10-6-5-9-16(17)12-22/h2-11,23H,13H2,1H3. The van der Waals surface area contributed by atoms with Crippen LogP contribution >= 0.6 is 0 Å². The highest BCUT2D eigenvalue weighted by Gasteiger charge is 2.15. The van der Waals surface area contributed by atoms with Crippen molar-refractivity contribution in [2.75, 3.05) is 0 Å². The fourth-order valence-corrected chi connectivity index (χ4v) is 3.13. The third-order valence-electron chi connectivity index (χ3n) is 4.38. The van der Waals surface area contributed by atoms with Gasteiger partial charge in [-0.05, 0) is 24.6 Å². The van der Waals surface area contributed by atoms with Crippen LogP contribution in [0.3, 0.4) is 0 Å². The van der Waals surface area contributed by atoms with E-state index in [1.54, 1.807) is 10.6 Å². The zero-order chi connectivity index (χ0) is 18.1. The first-order chi connectivity index (χ1) is 12.7. The molecule has 0 spiro atoms. The molecule has 0 aliphatic carbocycles. The van der Waals surface area contributed by atoms with Gasteiger partial charge in [-0.25, -0.2) is 4.98 Å². The number of aromatic amines is 1. The Bertz CT molecular complexity index is 1200. The van der Waals surface area contributed by atoms with E-state index >= 15 is 0 Å². The third-order valence-corrected chi connectivity index (χ3v) is 4.38. The van der Waals surface area contributed by atoms with E-state index < -0.39 is 0 Å². The first-order valence-electron chi connectivity index (χ1n) is 8.31. The minimum atomic E-state index is -0.119. The van der Waals surface area contributed by atoms with E-state index in [-0.39, 0.29) is 5.56 Å². The van der Waals surface area contributed by atoms with Gasteiger partial charge in [0, 0.05) is 11.3 Å². The maximum absolute atomic E-state index is 13.2. The molecule has 126 valence electrons. The summed E-state index contributed by atoms with van der Waals surface area (Å²) in [4.78, 5) is 21.0. The molecule has 0 saturated carbocycles. The topological polar surface area (TPSA) is 74.5 Å². The van der Waals surface area contributed by atoms with Gasteiger partial charge >= 0.3 is 0 Å². The summed E-state index contributed by atoms with van der Waals surface area (Å²) in [5.41, 5.74) is 3.56. The Hall–Kier alpha value is -3.65. The van der Waals surface area contributed by atoms with E-state index in [0.717, 1.165) is 16.8 Å². The van der Waals surface area contributed by atoms with Gasteiger partial charge < -0.3 is 4.98 Å². The number of rotatable bonds is 3. The molecule has 5 heteroatoms. The van der Waals surface area contributed by atoms with Gasteiger partial charge in [-0.2, -0.15) is 5.26 Å². The van der Waals surface area contributed by atoms with Crippen molar-refractivity contribution in [3.63, 3.8) is 0 Å². The van der Waals surface area contributed by atoms with Gasteiger partial charge in [0.05, 0.1) is 23.6 Å². The predicted octanol–water partition coefficient (Wildman–Crippen LogP) is 3.62. The summed E-state index contributed by atoms with van der Waals surface area (Å²) in [5, 5.41) is 9.92. The molecule has 0 aliphatic heterocycles. The lowest BCUT2D eigenvalue weighted by molar-refractivity contribution is 0.757. The van der Waals surface area contributed by atoms with Crippen molar-refractivity contribution in [3.8, 4) is 17.5 Å². The summed E-state index contributed by atoms with van der Waals surface area (Å²) in [6.07, 6.45) is 0. The minimum absolute atomic E-state index is 0.119. The van der Waals surface area contributed by atoms with Crippen LogP contribution in [0.4, 0.5) is 0 Å². The van der Waals surface area contributed by atoms with Gasteiger partial charge in [-0.3, -0.25) is 9.36 Å². The molecule has 0 unspecified atom stereocenters. The number of nitrogens with one attached hydrogen (secondary N) is 1. The number of hydrogen-bond donors (Lipinski definition) is 1. The second-order valence-corrected chi connectivity index (χ2v) is 6.18. The van der Waals surface area contributed by atoms with Gasteiger partial charge in [-0.1, -0.05) is 48.5 Å². The van der Waals surface area contributed by atoms with Crippen LogP contribution in [0.1, 0.15) is 16.8 Å². The molecule has 0 fully saturated rings. The fraction of sp³-hybridized carbons (Fsp3) is 0.0952. The summed E-state index contributed by atoms with van der Waals surface area (Å²) in [6.45, 7) is 2.19. The van der Waals surface area contributed by atoms with Crippen molar-refractivity contribution in [1.29, 1.82) is 5.26 Å². The van der Waals surface area contributed by atoms with E-state index in [0.29, 0.717) is 29.0 Å². The zero-order valence-corrected chi connectivity index (χ0v) is 14.2. The lowest BCUT2D eigenvalue weighted by atomic mass is 10.1. The molecule has 2 heterocycles. The number of nitriles is 1. The van der Waals surface area contributed by atoms with Crippen LogP contribution in [0, 0.1) is 18.3 Å². The van der Waals surface area contributed by atoms with Crippen molar-refractivity contribution in [3.05, 3.63) is 87.8 Å². The Morgan fingerprint density at radius 3 is 2.62 bits per heavy atom. The van der Waals surface area contributed by atoms with Gasteiger partial charge in [0.15, 0.2) is 0 Å². The summed E-state index contributed by atoms with van der Waals surface area (Å²) < 4.78 is 1.64. The number of H-pyrrole nitrogens is 1. The molecule has 1 N–H and O–H groups in total. The highest BCUT2D eigenvalue weighted by Crippen LogP contribution is 2.20. The van der Waals surface area contributed by atoms with Crippen LogP contribution in [0.2, 0.25) is 0 Å². The zero-order valence-electron chi connectivity index (χ0n) is 14.2. The molecule has 0 amide bonds. The first kappa shape index (κ1) is 15.9. The quantitative estimate of drug-likeness (QED) is 0.619. The molecule has 0 radical (unpaired) electrons. The molecular weight excluding hydrogens is 324 g/mol. The average molecular weight is 340 g/mol. The molecule has 2 aromatic heterocycles. The number of aryl methyl sites for hydroxylation is 1. The molecule has 5 nitrogen and oxygen atoms in total. The van der Waals surface area contributed by atoms with Gasteiger partial charge in [-0.15, -0.1) is 0 Å². The monoisotopic (exact) mass is 340 g/mol. The van der Waals surface area contributed by atoms with Crippen molar-refractivity contribution in [2.24, 2.45) is 0 Å². The smallest absolute Gasteiger partial charge is 0.263 e. The lowest BCUT2D eigenvalue weighted by Crippen LogP contribution is -2.24. The molecule has 2 aromatic carbocycles. The summed E-state index contributed by atoms with van der Waals surface area (Å²) >= 11 is 0. The molecule has 4 aromatic rings. The highest BCUT2D eigenvalue weighted by atomic mass is 16.1. The van der Waals surface area contributed by atoms with Crippen molar-refractivity contribution in [1.82, 2.24) is 14.5 Å². The lowest BCUT2D eigenvalue weighted by Gasteiger charge is -2.13. The van der Waals surface area contributed by atoms with Gasteiger partial charge in [0.2, 0.25) is 0 Å². The number of aromatic nitrogens is 3. The summed E-state index contributed by atoms with van der Waals surface area (Å²) in [5.74, 6) is 0.581.